The molecule has 3 aromatic rings. The van der Waals surface area contributed by atoms with Gasteiger partial charge in [0.15, 0.2) is 0 Å². The Balaban J connectivity index is 2.05. The standard InChI is InChI=1S/C17H15F3N4S/c1-10-14(15-12(19)8-11(18)9-13(15)20)16(23-4-6-25-7-5-23)24-3-2-21-17(24)22-10/h2-3,8-9H,4-7H2,1H3. The molecule has 8 heteroatoms. The zero-order chi connectivity index (χ0) is 17.6. The summed E-state index contributed by atoms with van der Waals surface area (Å²) in [7, 11) is 0. The van der Waals surface area contributed by atoms with Gasteiger partial charge in [-0.15, -0.1) is 0 Å². The number of halogens is 3. The quantitative estimate of drug-likeness (QED) is 0.695. The van der Waals surface area contributed by atoms with Crippen LogP contribution in [0.15, 0.2) is 24.5 Å². The number of aryl methyl sites for hydroxylation is 1. The fourth-order valence-corrected chi connectivity index (χ4v) is 4.09. The molecule has 4 nitrogen and oxygen atoms in total. The van der Waals surface area contributed by atoms with E-state index in [2.05, 4.69) is 14.9 Å². The molecular weight excluding hydrogens is 349 g/mol. The Morgan fingerprint density at radius 1 is 1.04 bits per heavy atom. The summed E-state index contributed by atoms with van der Waals surface area (Å²) in [6.07, 6.45) is 3.33. The van der Waals surface area contributed by atoms with Crippen LogP contribution < -0.4 is 4.90 Å². The Hall–Kier alpha value is -2.22. The normalized spacial score (nSPS) is 15.1. The molecule has 0 unspecified atom stereocenters. The molecule has 1 aliphatic heterocycles. The van der Waals surface area contributed by atoms with Crippen molar-refractivity contribution in [1.82, 2.24) is 14.4 Å². The molecule has 1 aliphatic rings. The Morgan fingerprint density at radius 2 is 1.72 bits per heavy atom. The molecule has 0 atom stereocenters. The molecule has 0 saturated carbocycles. The molecule has 0 aliphatic carbocycles. The van der Waals surface area contributed by atoms with Crippen molar-refractivity contribution in [3.63, 3.8) is 0 Å². The highest BCUT2D eigenvalue weighted by Gasteiger charge is 2.26. The predicted octanol–water partition coefficient (Wildman–Crippen LogP) is 3.68. The molecular formula is C17H15F3N4S. The monoisotopic (exact) mass is 364 g/mol. The van der Waals surface area contributed by atoms with Crippen LogP contribution in [0.5, 0.6) is 0 Å². The molecule has 4 rings (SSSR count). The molecule has 2 aromatic heterocycles. The van der Waals surface area contributed by atoms with Gasteiger partial charge in [0.25, 0.3) is 0 Å². The number of thioether (sulfide) groups is 1. The first-order valence-electron chi connectivity index (χ1n) is 7.87. The SMILES string of the molecule is Cc1nc2nccn2c(N2CCSCC2)c1-c1c(F)cc(F)cc1F. The van der Waals surface area contributed by atoms with E-state index in [0.29, 0.717) is 35.0 Å². The van der Waals surface area contributed by atoms with Crippen molar-refractivity contribution in [2.75, 3.05) is 29.5 Å². The lowest BCUT2D eigenvalue weighted by Gasteiger charge is -2.31. The number of fused-ring (bicyclic) bond motifs is 1. The third kappa shape index (κ3) is 2.74. The topological polar surface area (TPSA) is 33.4 Å². The summed E-state index contributed by atoms with van der Waals surface area (Å²) in [6, 6.07) is 1.40. The van der Waals surface area contributed by atoms with Crippen LogP contribution >= 0.6 is 11.8 Å². The number of nitrogens with zero attached hydrogens (tertiary/aromatic N) is 4. The zero-order valence-electron chi connectivity index (χ0n) is 13.5. The Morgan fingerprint density at radius 3 is 2.40 bits per heavy atom. The van der Waals surface area contributed by atoms with Crippen LogP contribution in [0.3, 0.4) is 0 Å². The molecule has 1 saturated heterocycles. The van der Waals surface area contributed by atoms with Crippen LogP contribution in [0.4, 0.5) is 19.0 Å². The largest absolute Gasteiger partial charge is 0.355 e. The number of imidazole rings is 1. The van der Waals surface area contributed by atoms with Gasteiger partial charge < -0.3 is 4.90 Å². The average molecular weight is 364 g/mol. The second-order valence-corrected chi connectivity index (χ2v) is 7.06. The van der Waals surface area contributed by atoms with E-state index >= 15 is 0 Å². The lowest BCUT2D eigenvalue weighted by molar-refractivity contribution is 0.547. The van der Waals surface area contributed by atoms with Crippen molar-refractivity contribution < 1.29 is 13.2 Å². The average Bonchev–Trinajstić information content (AvgIpc) is 3.02. The number of hydrogen-bond donors (Lipinski definition) is 0. The maximum atomic E-state index is 14.5. The van der Waals surface area contributed by atoms with Gasteiger partial charge in [0.1, 0.15) is 23.3 Å². The van der Waals surface area contributed by atoms with Crippen LogP contribution in [0.1, 0.15) is 5.69 Å². The minimum atomic E-state index is -0.941. The van der Waals surface area contributed by atoms with Gasteiger partial charge in [0.2, 0.25) is 5.78 Å². The van der Waals surface area contributed by atoms with E-state index in [4.69, 9.17) is 0 Å². The van der Waals surface area contributed by atoms with E-state index in [1.807, 2.05) is 11.8 Å². The second-order valence-electron chi connectivity index (χ2n) is 5.84. The van der Waals surface area contributed by atoms with Crippen molar-refractivity contribution >= 4 is 23.4 Å². The Bertz CT molecular complexity index is 927. The van der Waals surface area contributed by atoms with E-state index in [-0.39, 0.29) is 5.56 Å². The van der Waals surface area contributed by atoms with Gasteiger partial charge in [-0.25, -0.2) is 23.1 Å². The predicted molar refractivity (Wildman–Crippen MR) is 92.6 cm³/mol. The van der Waals surface area contributed by atoms with Gasteiger partial charge in [-0.05, 0) is 6.92 Å². The molecule has 130 valence electrons. The maximum Gasteiger partial charge on any atom is 0.235 e. The van der Waals surface area contributed by atoms with Crippen molar-refractivity contribution in [2.45, 2.75) is 6.92 Å². The maximum absolute atomic E-state index is 14.5. The van der Waals surface area contributed by atoms with Crippen LogP contribution in [0.2, 0.25) is 0 Å². The first-order chi connectivity index (χ1) is 12.1. The fraction of sp³-hybridized carbons (Fsp3) is 0.294. The third-order valence-electron chi connectivity index (χ3n) is 4.27. The number of anilines is 1. The molecule has 0 bridgehead atoms. The summed E-state index contributed by atoms with van der Waals surface area (Å²) >= 11 is 1.83. The van der Waals surface area contributed by atoms with Gasteiger partial charge in [-0.3, -0.25) is 4.40 Å². The van der Waals surface area contributed by atoms with Gasteiger partial charge >= 0.3 is 0 Å². The van der Waals surface area contributed by atoms with Crippen LogP contribution in [-0.2, 0) is 0 Å². The molecule has 1 fully saturated rings. The number of aromatic nitrogens is 3. The Labute approximate surface area is 146 Å². The number of hydrogen-bond acceptors (Lipinski definition) is 4. The molecule has 0 N–H and O–H groups in total. The highest BCUT2D eigenvalue weighted by molar-refractivity contribution is 7.99. The van der Waals surface area contributed by atoms with E-state index in [9.17, 15) is 13.2 Å². The van der Waals surface area contributed by atoms with E-state index < -0.39 is 17.5 Å². The molecule has 3 heterocycles. The van der Waals surface area contributed by atoms with Crippen molar-refractivity contribution in [3.05, 3.63) is 47.7 Å². The summed E-state index contributed by atoms with van der Waals surface area (Å²) in [5, 5.41) is 0. The highest BCUT2D eigenvalue weighted by Crippen LogP contribution is 2.38. The van der Waals surface area contributed by atoms with Crippen LogP contribution in [-0.4, -0.2) is 39.0 Å². The fourth-order valence-electron chi connectivity index (χ4n) is 3.19. The van der Waals surface area contributed by atoms with Gasteiger partial charge in [0, 0.05) is 49.1 Å². The lowest BCUT2D eigenvalue weighted by atomic mass is 10.0. The minimum Gasteiger partial charge on any atom is -0.355 e. The van der Waals surface area contributed by atoms with Crippen molar-refractivity contribution in [3.8, 4) is 11.1 Å². The molecule has 1 aromatic carbocycles. The van der Waals surface area contributed by atoms with E-state index in [0.717, 1.165) is 24.6 Å². The van der Waals surface area contributed by atoms with E-state index in [1.165, 1.54) is 0 Å². The number of benzene rings is 1. The third-order valence-corrected chi connectivity index (χ3v) is 5.21. The lowest BCUT2D eigenvalue weighted by Crippen LogP contribution is -2.34. The second kappa shape index (κ2) is 6.25. The summed E-state index contributed by atoms with van der Waals surface area (Å²) in [5.74, 6) is 0.145. The number of rotatable bonds is 2. The first kappa shape index (κ1) is 16.3. The zero-order valence-corrected chi connectivity index (χ0v) is 14.3. The molecule has 0 amide bonds. The van der Waals surface area contributed by atoms with Gasteiger partial charge in [-0.2, -0.15) is 11.8 Å². The van der Waals surface area contributed by atoms with Crippen LogP contribution in [0.25, 0.3) is 16.9 Å². The minimum absolute atomic E-state index is 0.254. The summed E-state index contributed by atoms with van der Waals surface area (Å²) in [6.45, 7) is 3.19. The van der Waals surface area contributed by atoms with Crippen LogP contribution in [0, 0.1) is 24.4 Å². The van der Waals surface area contributed by atoms with Crippen molar-refractivity contribution in [2.24, 2.45) is 0 Å². The first-order valence-corrected chi connectivity index (χ1v) is 9.03. The molecule has 25 heavy (non-hydrogen) atoms. The summed E-state index contributed by atoms with van der Waals surface area (Å²) < 4.78 is 44.1. The Kier molecular flexibility index (Phi) is 4.07. The van der Waals surface area contributed by atoms with Crippen molar-refractivity contribution in [1.29, 1.82) is 0 Å². The summed E-state index contributed by atoms with van der Waals surface area (Å²) in [4.78, 5) is 10.6. The molecule has 0 spiro atoms. The summed E-state index contributed by atoms with van der Waals surface area (Å²) in [5.41, 5.74) is 0.541. The highest BCUT2D eigenvalue weighted by atomic mass is 32.2. The van der Waals surface area contributed by atoms with Gasteiger partial charge in [0.05, 0.1) is 16.8 Å². The smallest absolute Gasteiger partial charge is 0.235 e. The van der Waals surface area contributed by atoms with Gasteiger partial charge in [-0.1, -0.05) is 0 Å². The molecule has 0 radical (unpaired) electrons. The van der Waals surface area contributed by atoms with E-state index in [1.54, 1.807) is 23.7 Å².